The third kappa shape index (κ3) is 2.07. The molecule has 1 fully saturated rings. The number of nitrogens with zero attached hydrogens (tertiary/aromatic N) is 1. The van der Waals surface area contributed by atoms with Crippen molar-refractivity contribution in [3.8, 4) is 11.5 Å². The van der Waals surface area contributed by atoms with Crippen LogP contribution in [-0.2, 0) is 0 Å². The Bertz CT molecular complexity index is 368. The first-order valence-electron chi connectivity index (χ1n) is 5.43. The summed E-state index contributed by atoms with van der Waals surface area (Å²) in [5, 5.41) is 3.18. The Labute approximate surface area is 96.2 Å². The Morgan fingerprint density at radius 2 is 2.19 bits per heavy atom. The molecule has 0 radical (unpaired) electrons. The lowest BCUT2D eigenvalue weighted by molar-refractivity contribution is 0.404. The molecule has 1 heterocycles. The summed E-state index contributed by atoms with van der Waals surface area (Å²) in [6, 6.07) is 6.46. The Morgan fingerprint density at radius 1 is 1.38 bits per heavy atom. The fourth-order valence-corrected chi connectivity index (χ4v) is 1.91. The van der Waals surface area contributed by atoms with Crippen molar-refractivity contribution in [3.63, 3.8) is 0 Å². The van der Waals surface area contributed by atoms with E-state index in [1.165, 1.54) is 0 Å². The van der Waals surface area contributed by atoms with Gasteiger partial charge in [-0.1, -0.05) is 0 Å². The van der Waals surface area contributed by atoms with Crippen molar-refractivity contribution in [2.24, 2.45) is 0 Å². The van der Waals surface area contributed by atoms with Gasteiger partial charge in [-0.05, 0) is 19.2 Å². The standard InChI is InChI=1S/C12H18N2O2/c1-13-7-9-8-14(9)11-6-10(15-2)4-5-12(11)16-3/h4-6,9,13H,7-8H2,1-3H3. The van der Waals surface area contributed by atoms with E-state index in [0.717, 1.165) is 30.3 Å². The van der Waals surface area contributed by atoms with E-state index >= 15 is 0 Å². The SMILES string of the molecule is CNCC1CN1c1cc(OC)ccc1OC. The zero-order valence-electron chi connectivity index (χ0n) is 9.99. The van der Waals surface area contributed by atoms with E-state index in [1.807, 2.05) is 25.2 Å². The Hall–Kier alpha value is -1.42. The summed E-state index contributed by atoms with van der Waals surface area (Å²) in [5.41, 5.74) is 1.11. The molecule has 1 atom stereocenters. The first kappa shape index (κ1) is 11.1. The number of likely N-dealkylation sites (N-methyl/N-ethyl adjacent to an activating group) is 1. The van der Waals surface area contributed by atoms with Gasteiger partial charge >= 0.3 is 0 Å². The Kier molecular flexibility index (Phi) is 3.19. The third-order valence-electron chi connectivity index (χ3n) is 2.85. The van der Waals surface area contributed by atoms with E-state index < -0.39 is 0 Å². The number of ether oxygens (including phenoxy) is 2. The molecule has 2 rings (SSSR count). The molecule has 1 N–H and O–H groups in total. The van der Waals surface area contributed by atoms with E-state index in [4.69, 9.17) is 9.47 Å². The topological polar surface area (TPSA) is 33.5 Å². The first-order valence-corrected chi connectivity index (χ1v) is 5.43. The quantitative estimate of drug-likeness (QED) is 0.757. The summed E-state index contributed by atoms with van der Waals surface area (Å²) in [6.45, 7) is 2.07. The van der Waals surface area contributed by atoms with Crippen LogP contribution < -0.4 is 19.7 Å². The van der Waals surface area contributed by atoms with E-state index in [-0.39, 0.29) is 0 Å². The van der Waals surface area contributed by atoms with E-state index in [0.29, 0.717) is 6.04 Å². The molecule has 4 heteroatoms. The number of anilines is 1. The van der Waals surface area contributed by atoms with Gasteiger partial charge < -0.3 is 19.7 Å². The molecule has 0 aromatic heterocycles. The average Bonchev–Trinajstić information content (AvgIpc) is 3.08. The zero-order chi connectivity index (χ0) is 11.5. The molecule has 0 amide bonds. The summed E-state index contributed by atoms with van der Waals surface area (Å²) in [7, 11) is 5.35. The number of benzene rings is 1. The maximum atomic E-state index is 5.35. The maximum absolute atomic E-state index is 5.35. The van der Waals surface area contributed by atoms with Crippen molar-refractivity contribution in [3.05, 3.63) is 18.2 Å². The summed E-state index contributed by atoms with van der Waals surface area (Å²) >= 11 is 0. The second-order valence-electron chi connectivity index (χ2n) is 3.90. The molecule has 1 saturated heterocycles. The molecule has 1 aromatic carbocycles. The molecule has 0 aliphatic carbocycles. The monoisotopic (exact) mass is 222 g/mol. The van der Waals surface area contributed by atoms with Crippen LogP contribution in [0.15, 0.2) is 18.2 Å². The average molecular weight is 222 g/mol. The molecule has 1 aliphatic rings. The van der Waals surface area contributed by atoms with Crippen LogP contribution in [-0.4, -0.2) is 40.4 Å². The van der Waals surface area contributed by atoms with Gasteiger partial charge in [-0.25, -0.2) is 0 Å². The molecule has 1 aromatic rings. The predicted octanol–water partition coefficient (Wildman–Crippen LogP) is 1.11. The largest absolute Gasteiger partial charge is 0.497 e. The number of nitrogens with one attached hydrogen (secondary N) is 1. The zero-order valence-corrected chi connectivity index (χ0v) is 9.99. The fourth-order valence-electron chi connectivity index (χ4n) is 1.91. The van der Waals surface area contributed by atoms with Gasteiger partial charge in [0.1, 0.15) is 11.5 Å². The Balaban J connectivity index is 2.18. The van der Waals surface area contributed by atoms with Crippen molar-refractivity contribution < 1.29 is 9.47 Å². The second-order valence-corrected chi connectivity index (χ2v) is 3.90. The van der Waals surface area contributed by atoms with Gasteiger partial charge in [0.05, 0.1) is 25.9 Å². The van der Waals surface area contributed by atoms with Gasteiger partial charge in [-0.2, -0.15) is 0 Å². The molecule has 0 spiro atoms. The van der Waals surface area contributed by atoms with Crippen molar-refractivity contribution in [1.82, 2.24) is 5.32 Å². The molecule has 1 aliphatic heterocycles. The van der Waals surface area contributed by atoms with E-state index in [1.54, 1.807) is 14.2 Å². The number of methoxy groups -OCH3 is 2. The normalized spacial score (nSPS) is 18.4. The minimum atomic E-state index is 0.575. The van der Waals surface area contributed by atoms with Gasteiger partial charge in [-0.3, -0.25) is 0 Å². The highest BCUT2D eigenvalue weighted by Gasteiger charge is 2.35. The van der Waals surface area contributed by atoms with Gasteiger partial charge in [0.2, 0.25) is 0 Å². The lowest BCUT2D eigenvalue weighted by atomic mass is 10.2. The highest BCUT2D eigenvalue weighted by Crippen LogP contribution is 2.38. The van der Waals surface area contributed by atoms with E-state index in [2.05, 4.69) is 10.2 Å². The Morgan fingerprint density at radius 3 is 2.81 bits per heavy atom. The smallest absolute Gasteiger partial charge is 0.142 e. The van der Waals surface area contributed by atoms with Crippen LogP contribution in [0.4, 0.5) is 5.69 Å². The highest BCUT2D eigenvalue weighted by atomic mass is 16.5. The van der Waals surface area contributed by atoms with Crippen LogP contribution in [0.25, 0.3) is 0 Å². The molecule has 0 bridgehead atoms. The summed E-state index contributed by atoms with van der Waals surface area (Å²) in [4.78, 5) is 2.30. The maximum Gasteiger partial charge on any atom is 0.142 e. The minimum absolute atomic E-state index is 0.575. The predicted molar refractivity (Wildman–Crippen MR) is 64.6 cm³/mol. The third-order valence-corrected chi connectivity index (χ3v) is 2.85. The van der Waals surface area contributed by atoms with Gasteiger partial charge in [0.15, 0.2) is 0 Å². The minimum Gasteiger partial charge on any atom is -0.497 e. The van der Waals surface area contributed by atoms with Gasteiger partial charge in [0.25, 0.3) is 0 Å². The lowest BCUT2D eigenvalue weighted by Gasteiger charge is -2.12. The second kappa shape index (κ2) is 4.61. The molecule has 4 nitrogen and oxygen atoms in total. The van der Waals surface area contributed by atoms with Crippen LogP contribution in [0.3, 0.4) is 0 Å². The molecular weight excluding hydrogens is 204 g/mol. The van der Waals surface area contributed by atoms with Crippen molar-refractivity contribution in [2.45, 2.75) is 6.04 Å². The highest BCUT2D eigenvalue weighted by molar-refractivity contribution is 5.66. The van der Waals surface area contributed by atoms with Crippen LogP contribution in [0, 0.1) is 0 Å². The van der Waals surface area contributed by atoms with Crippen molar-refractivity contribution >= 4 is 5.69 Å². The van der Waals surface area contributed by atoms with Gasteiger partial charge in [-0.15, -0.1) is 0 Å². The fraction of sp³-hybridized carbons (Fsp3) is 0.500. The van der Waals surface area contributed by atoms with Crippen LogP contribution in [0.5, 0.6) is 11.5 Å². The molecular formula is C12H18N2O2. The number of hydrogen-bond donors (Lipinski definition) is 1. The first-order chi connectivity index (χ1) is 7.80. The molecule has 0 saturated carbocycles. The lowest BCUT2D eigenvalue weighted by Crippen LogP contribution is -2.17. The number of rotatable bonds is 5. The summed E-state index contributed by atoms with van der Waals surface area (Å²) in [6.07, 6.45) is 0. The number of hydrogen-bond acceptors (Lipinski definition) is 4. The van der Waals surface area contributed by atoms with Crippen LogP contribution in [0.1, 0.15) is 0 Å². The van der Waals surface area contributed by atoms with Crippen LogP contribution in [0.2, 0.25) is 0 Å². The molecule has 16 heavy (non-hydrogen) atoms. The molecule has 1 unspecified atom stereocenters. The van der Waals surface area contributed by atoms with Crippen LogP contribution >= 0.6 is 0 Å². The van der Waals surface area contributed by atoms with E-state index in [9.17, 15) is 0 Å². The van der Waals surface area contributed by atoms with Crippen molar-refractivity contribution in [2.75, 3.05) is 39.3 Å². The van der Waals surface area contributed by atoms with Crippen molar-refractivity contribution in [1.29, 1.82) is 0 Å². The molecule has 88 valence electrons. The van der Waals surface area contributed by atoms with Gasteiger partial charge in [0, 0.05) is 19.2 Å². The summed E-state index contributed by atoms with van der Waals surface area (Å²) in [5.74, 6) is 1.77. The summed E-state index contributed by atoms with van der Waals surface area (Å²) < 4.78 is 10.6.